The molecule has 4 unspecified atom stereocenters. The van der Waals surface area contributed by atoms with Crippen LogP contribution in [0.3, 0.4) is 0 Å². The van der Waals surface area contributed by atoms with E-state index in [1.807, 2.05) is 0 Å². The third-order valence-corrected chi connectivity index (χ3v) is 6.95. The van der Waals surface area contributed by atoms with E-state index in [0.29, 0.717) is 5.41 Å². The van der Waals surface area contributed by atoms with Crippen LogP contribution in [-0.2, 0) is 0 Å². The number of hydrogen-bond donors (Lipinski definition) is 0. The largest absolute Gasteiger partial charge is 0.0622 e. The summed E-state index contributed by atoms with van der Waals surface area (Å²) >= 11 is 0. The average Bonchev–Trinajstić information content (AvgIpc) is 2.53. The summed E-state index contributed by atoms with van der Waals surface area (Å²) in [6.45, 7) is 10.2. The lowest BCUT2D eigenvalue weighted by Crippen LogP contribution is -2.46. The summed E-state index contributed by atoms with van der Waals surface area (Å²) in [5.41, 5.74) is 1.37. The van der Waals surface area contributed by atoms with Gasteiger partial charge in [-0.3, -0.25) is 0 Å². The molecule has 0 amide bonds. The van der Waals surface area contributed by atoms with Crippen LogP contribution < -0.4 is 0 Å². The van der Waals surface area contributed by atoms with Crippen LogP contribution >= 0.6 is 0 Å². The molecular formula is C15H26. The predicted octanol–water partition coefficient (Wildman–Crippen LogP) is 4.49. The topological polar surface area (TPSA) is 0 Å². The Balaban J connectivity index is 2.10. The fourth-order valence-electron chi connectivity index (χ4n) is 6.02. The molecular weight excluding hydrogens is 180 g/mol. The molecule has 3 aliphatic carbocycles. The molecule has 0 heterocycles. The average molecular weight is 206 g/mol. The maximum Gasteiger partial charge on any atom is -0.0187 e. The Morgan fingerprint density at radius 2 is 1.73 bits per heavy atom. The van der Waals surface area contributed by atoms with Gasteiger partial charge in [-0.2, -0.15) is 0 Å². The van der Waals surface area contributed by atoms with Crippen molar-refractivity contribution in [3.05, 3.63) is 0 Å². The Morgan fingerprint density at radius 3 is 2.47 bits per heavy atom. The molecule has 0 aromatic carbocycles. The van der Waals surface area contributed by atoms with Crippen LogP contribution in [0, 0.1) is 34.5 Å². The SMILES string of the molecule is CC1CCC23C(C)CCC(C[C@@H]12)C3(C)C. The first-order valence-corrected chi connectivity index (χ1v) is 7.00. The van der Waals surface area contributed by atoms with Gasteiger partial charge in [-0.15, -0.1) is 0 Å². The van der Waals surface area contributed by atoms with E-state index in [1.54, 1.807) is 6.42 Å². The highest BCUT2D eigenvalue weighted by Gasteiger charge is 2.66. The normalized spacial score (nSPS) is 56.8. The molecule has 3 aliphatic rings. The quantitative estimate of drug-likeness (QED) is 0.547. The molecule has 3 saturated carbocycles. The predicted molar refractivity (Wildman–Crippen MR) is 64.6 cm³/mol. The molecule has 86 valence electrons. The van der Waals surface area contributed by atoms with Crippen LogP contribution in [0.15, 0.2) is 0 Å². The highest BCUT2D eigenvalue weighted by atomic mass is 14.7. The van der Waals surface area contributed by atoms with Crippen molar-refractivity contribution in [1.29, 1.82) is 0 Å². The van der Waals surface area contributed by atoms with Crippen molar-refractivity contribution < 1.29 is 0 Å². The van der Waals surface area contributed by atoms with E-state index < -0.39 is 0 Å². The summed E-state index contributed by atoms with van der Waals surface area (Å²) in [6.07, 6.45) is 7.61. The van der Waals surface area contributed by atoms with Gasteiger partial charge in [0, 0.05) is 0 Å². The molecule has 2 bridgehead atoms. The third kappa shape index (κ3) is 0.953. The van der Waals surface area contributed by atoms with Crippen LogP contribution in [0.1, 0.15) is 59.8 Å². The van der Waals surface area contributed by atoms with Crippen LogP contribution in [0.4, 0.5) is 0 Å². The summed E-state index contributed by atoms with van der Waals surface area (Å²) in [4.78, 5) is 0. The van der Waals surface area contributed by atoms with Crippen molar-refractivity contribution in [1.82, 2.24) is 0 Å². The second kappa shape index (κ2) is 2.81. The smallest absolute Gasteiger partial charge is 0.0187 e. The lowest BCUT2D eigenvalue weighted by molar-refractivity contribution is -0.0406. The molecule has 0 radical (unpaired) electrons. The summed E-state index contributed by atoms with van der Waals surface area (Å²) in [5.74, 6) is 4.10. The van der Waals surface area contributed by atoms with Crippen molar-refractivity contribution in [3.8, 4) is 0 Å². The minimum atomic E-state index is 0.639. The lowest BCUT2D eigenvalue weighted by atomic mass is 9.52. The summed E-state index contributed by atoms with van der Waals surface area (Å²) < 4.78 is 0. The number of fused-ring (bicyclic) bond motifs is 1. The summed E-state index contributed by atoms with van der Waals surface area (Å²) in [7, 11) is 0. The van der Waals surface area contributed by atoms with Crippen LogP contribution in [-0.4, -0.2) is 0 Å². The van der Waals surface area contributed by atoms with Crippen molar-refractivity contribution in [2.75, 3.05) is 0 Å². The fourth-order valence-corrected chi connectivity index (χ4v) is 6.02. The number of rotatable bonds is 0. The summed E-state index contributed by atoms with van der Waals surface area (Å²) in [6, 6.07) is 0. The standard InChI is InChI=1S/C15H26/c1-10-7-8-15-11(2)5-6-12(9-13(10)15)14(15,3)4/h10-13H,5-9H2,1-4H3/t10?,11?,12?,13-,15?/m0/s1. The Labute approximate surface area is 94.8 Å². The first kappa shape index (κ1) is 10.2. The van der Waals surface area contributed by atoms with E-state index >= 15 is 0 Å². The molecule has 3 rings (SSSR count). The zero-order chi connectivity index (χ0) is 10.8. The Morgan fingerprint density at radius 1 is 1.00 bits per heavy atom. The Bertz CT molecular complexity index is 278. The molecule has 0 N–H and O–H groups in total. The zero-order valence-corrected chi connectivity index (χ0v) is 10.8. The van der Waals surface area contributed by atoms with Gasteiger partial charge in [-0.05, 0) is 66.6 Å². The van der Waals surface area contributed by atoms with Gasteiger partial charge in [0.15, 0.2) is 0 Å². The van der Waals surface area contributed by atoms with Crippen molar-refractivity contribution in [2.24, 2.45) is 34.5 Å². The Hall–Kier alpha value is 0. The molecule has 0 aromatic rings. The molecule has 1 spiro atoms. The van der Waals surface area contributed by atoms with Crippen molar-refractivity contribution >= 4 is 0 Å². The zero-order valence-electron chi connectivity index (χ0n) is 10.8. The van der Waals surface area contributed by atoms with Gasteiger partial charge < -0.3 is 0 Å². The van der Waals surface area contributed by atoms with E-state index in [9.17, 15) is 0 Å². The summed E-state index contributed by atoms with van der Waals surface area (Å²) in [5, 5.41) is 0. The van der Waals surface area contributed by atoms with Crippen molar-refractivity contribution in [3.63, 3.8) is 0 Å². The van der Waals surface area contributed by atoms with E-state index in [0.717, 1.165) is 29.1 Å². The molecule has 0 nitrogen and oxygen atoms in total. The van der Waals surface area contributed by atoms with E-state index in [1.165, 1.54) is 25.7 Å². The van der Waals surface area contributed by atoms with Crippen LogP contribution in [0.2, 0.25) is 0 Å². The van der Waals surface area contributed by atoms with Crippen molar-refractivity contribution in [2.45, 2.75) is 59.8 Å². The first-order valence-electron chi connectivity index (χ1n) is 7.00. The maximum absolute atomic E-state index is 2.59. The highest BCUT2D eigenvalue weighted by Crippen LogP contribution is 2.74. The maximum atomic E-state index is 2.59. The molecule has 0 aromatic heterocycles. The van der Waals surface area contributed by atoms with Gasteiger partial charge in [-0.1, -0.05) is 27.7 Å². The number of hydrogen-bond acceptors (Lipinski definition) is 0. The van der Waals surface area contributed by atoms with E-state index in [2.05, 4.69) is 27.7 Å². The lowest BCUT2D eigenvalue weighted by Gasteiger charge is -2.52. The van der Waals surface area contributed by atoms with Gasteiger partial charge in [0.05, 0.1) is 0 Å². The van der Waals surface area contributed by atoms with E-state index in [4.69, 9.17) is 0 Å². The monoisotopic (exact) mass is 206 g/mol. The van der Waals surface area contributed by atoms with Gasteiger partial charge >= 0.3 is 0 Å². The third-order valence-electron chi connectivity index (χ3n) is 6.95. The molecule has 0 aliphatic heterocycles. The van der Waals surface area contributed by atoms with Gasteiger partial charge in [0.2, 0.25) is 0 Å². The molecule has 5 atom stereocenters. The van der Waals surface area contributed by atoms with Gasteiger partial charge in [0.1, 0.15) is 0 Å². The van der Waals surface area contributed by atoms with E-state index in [-0.39, 0.29) is 0 Å². The fraction of sp³-hybridized carbons (Fsp3) is 1.00. The van der Waals surface area contributed by atoms with Crippen LogP contribution in [0.5, 0.6) is 0 Å². The molecule has 0 heteroatoms. The molecule has 3 fully saturated rings. The van der Waals surface area contributed by atoms with Gasteiger partial charge in [-0.25, -0.2) is 0 Å². The highest BCUT2D eigenvalue weighted by molar-refractivity contribution is 5.15. The van der Waals surface area contributed by atoms with Gasteiger partial charge in [0.25, 0.3) is 0 Å². The molecule has 15 heavy (non-hydrogen) atoms. The first-order chi connectivity index (χ1) is 7.00. The minimum absolute atomic E-state index is 0.639. The van der Waals surface area contributed by atoms with Crippen LogP contribution in [0.25, 0.3) is 0 Å². The second-order valence-corrected chi connectivity index (χ2v) is 7.30. The minimum Gasteiger partial charge on any atom is -0.0622 e. The molecule has 0 saturated heterocycles. The second-order valence-electron chi connectivity index (χ2n) is 7.30. The Kier molecular flexibility index (Phi) is 1.91.